The van der Waals surface area contributed by atoms with E-state index in [0.717, 1.165) is 19.5 Å². The van der Waals surface area contributed by atoms with Crippen molar-refractivity contribution in [2.45, 2.75) is 32.2 Å². The Morgan fingerprint density at radius 1 is 1.29 bits per heavy atom. The topological polar surface area (TPSA) is 15.3 Å². The van der Waals surface area contributed by atoms with Crippen molar-refractivity contribution in [2.24, 2.45) is 0 Å². The summed E-state index contributed by atoms with van der Waals surface area (Å²) in [4.78, 5) is 2.67. The summed E-state index contributed by atoms with van der Waals surface area (Å²) < 4.78 is 0. The summed E-state index contributed by atoms with van der Waals surface area (Å²) in [6, 6.07) is 7.81. The Kier molecular flexibility index (Phi) is 3.17. The first-order valence-corrected chi connectivity index (χ1v) is 6.95. The van der Waals surface area contributed by atoms with Crippen molar-refractivity contribution < 1.29 is 0 Å². The van der Waals surface area contributed by atoms with Crippen LogP contribution in [0.15, 0.2) is 18.2 Å². The van der Waals surface area contributed by atoms with Crippen LogP contribution in [0.1, 0.15) is 36.1 Å². The van der Waals surface area contributed by atoms with Gasteiger partial charge in [0.15, 0.2) is 0 Å². The summed E-state index contributed by atoms with van der Waals surface area (Å²) in [5.74, 6) is 0. The zero-order chi connectivity index (χ0) is 11.7. The fourth-order valence-electron chi connectivity index (χ4n) is 3.22. The molecule has 1 aliphatic heterocycles. The molecule has 1 heterocycles. The van der Waals surface area contributed by atoms with Gasteiger partial charge in [-0.25, -0.2) is 0 Å². The Labute approximate surface area is 104 Å². The van der Waals surface area contributed by atoms with E-state index in [1.165, 1.54) is 31.5 Å². The van der Waals surface area contributed by atoms with Gasteiger partial charge in [0.2, 0.25) is 0 Å². The van der Waals surface area contributed by atoms with Crippen LogP contribution in [0.25, 0.3) is 0 Å². The molecule has 0 amide bonds. The van der Waals surface area contributed by atoms with Gasteiger partial charge in [0.1, 0.15) is 0 Å². The van der Waals surface area contributed by atoms with E-state index < -0.39 is 0 Å². The van der Waals surface area contributed by atoms with Crippen LogP contribution in [0.3, 0.4) is 0 Å². The third-order valence-electron chi connectivity index (χ3n) is 4.26. The van der Waals surface area contributed by atoms with Gasteiger partial charge >= 0.3 is 0 Å². The lowest BCUT2D eigenvalue weighted by Gasteiger charge is -2.33. The minimum atomic E-state index is 0.693. The predicted octanol–water partition coefficient (Wildman–Crippen LogP) is 2.14. The summed E-state index contributed by atoms with van der Waals surface area (Å²) in [5, 5.41) is 3.44. The molecule has 1 aromatic rings. The second-order valence-corrected chi connectivity index (χ2v) is 5.23. The molecule has 1 atom stereocenters. The highest BCUT2D eigenvalue weighted by molar-refractivity contribution is 5.38. The summed E-state index contributed by atoms with van der Waals surface area (Å²) in [6.07, 6.45) is 3.75. The second-order valence-electron chi connectivity index (χ2n) is 5.23. The highest BCUT2D eigenvalue weighted by Crippen LogP contribution is 2.36. The number of hydrogen-bond acceptors (Lipinski definition) is 2. The van der Waals surface area contributed by atoms with Crippen LogP contribution >= 0.6 is 0 Å². The molecule has 1 unspecified atom stereocenters. The average Bonchev–Trinajstić information content (AvgIpc) is 2.82. The van der Waals surface area contributed by atoms with E-state index in [1.807, 2.05) is 0 Å². The zero-order valence-electron chi connectivity index (χ0n) is 10.7. The summed E-state index contributed by atoms with van der Waals surface area (Å²) in [6.45, 7) is 6.97. The Morgan fingerprint density at radius 2 is 2.12 bits per heavy atom. The number of nitrogens with one attached hydrogen (secondary N) is 1. The quantitative estimate of drug-likeness (QED) is 0.837. The molecule has 1 aromatic carbocycles. The molecule has 0 saturated carbocycles. The van der Waals surface area contributed by atoms with Crippen LogP contribution in [-0.2, 0) is 12.8 Å². The van der Waals surface area contributed by atoms with Gasteiger partial charge in [0, 0.05) is 32.2 Å². The molecule has 0 radical (unpaired) electrons. The van der Waals surface area contributed by atoms with E-state index in [2.05, 4.69) is 35.3 Å². The standard InChI is InChI=1S/C15H22N2/c1-2-12-3-4-13-5-6-15(14(13)11-12)17-9-7-16-8-10-17/h3-4,11,15-16H,2,5-10H2,1H3. The van der Waals surface area contributed by atoms with Gasteiger partial charge in [-0.15, -0.1) is 0 Å². The lowest BCUT2D eigenvalue weighted by atomic mass is 10.0. The highest BCUT2D eigenvalue weighted by atomic mass is 15.2. The molecule has 3 rings (SSSR count). The second kappa shape index (κ2) is 4.79. The monoisotopic (exact) mass is 230 g/mol. The fourth-order valence-corrected chi connectivity index (χ4v) is 3.22. The van der Waals surface area contributed by atoms with E-state index in [4.69, 9.17) is 0 Å². The maximum absolute atomic E-state index is 3.44. The number of nitrogens with zero attached hydrogens (tertiary/aromatic N) is 1. The molecule has 1 fully saturated rings. The lowest BCUT2D eigenvalue weighted by Crippen LogP contribution is -2.44. The zero-order valence-corrected chi connectivity index (χ0v) is 10.7. The van der Waals surface area contributed by atoms with Crippen molar-refractivity contribution in [2.75, 3.05) is 26.2 Å². The summed E-state index contributed by atoms with van der Waals surface area (Å²) in [5.41, 5.74) is 4.70. The van der Waals surface area contributed by atoms with Gasteiger partial charge in [-0.2, -0.15) is 0 Å². The molecule has 0 aromatic heterocycles. The van der Waals surface area contributed by atoms with Gasteiger partial charge in [-0.3, -0.25) is 4.90 Å². The van der Waals surface area contributed by atoms with E-state index >= 15 is 0 Å². The molecule has 0 bridgehead atoms. The lowest BCUT2D eigenvalue weighted by molar-refractivity contribution is 0.173. The van der Waals surface area contributed by atoms with Crippen LogP contribution in [0.4, 0.5) is 0 Å². The average molecular weight is 230 g/mol. The van der Waals surface area contributed by atoms with Crippen molar-refractivity contribution >= 4 is 0 Å². The Hall–Kier alpha value is -0.860. The summed E-state index contributed by atoms with van der Waals surface area (Å²) >= 11 is 0. The minimum absolute atomic E-state index is 0.693. The maximum Gasteiger partial charge on any atom is 0.0355 e. The molecule has 1 N–H and O–H groups in total. The van der Waals surface area contributed by atoms with Crippen molar-refractivity contribution in [1.82, 2.24) is 10.2 Å². The van der Waals surface area contributed by atoms with Crippen molar-refractivity contribution in [3.63, 3.8) is 0 Å². The Bertz CT molecular complexity index is 394. The molecular weight excluding hydrogens is 208 g/mol. The first-order chi connectivity index (χ1) is 8.38. The van der Waals surface area contributed by atoms with E-state index in [0.29, 0.717) is 6.04 Å². The van der Waals surface area contributed by atoms with Gasteiger partial charge < -0.3 is 5.32 Å². The third-order valence-corrected chi connectivity index (χ3v) is 4.26. The normalized spacial score (nSPS) is 24.9. The van der Waals surface area contributed by atoms with E-state index in [9.17, 15) is 0 Å². The van der Waals surface area contributed by atoms with Gasteiger partial charge in [-0.1, -0.05) is 25.1 Å². The number of fused-ring (bicyclic) bond motifs is 1. The molecule has 2 heteroatoms. The maximum atomic E-state index is 3.44. The number of piperazine rings is 1. The molecule has 1 saturated heterocycles. The van der Waals surface area contributed by atoms with Crippen molar-refractivity contribution in [1.29, 1.82) is 0 Å². The van der Waals surface area contributed by atoms with Crippen molar-refractivity contribution in [3.8, 4) is 0 Å². The molecule has 17 heavy (non-hydrogen) atoms. The van der Waals surface area contributed by atoms with Crippen LogP contribution in [-0.4, -0.2) is 31.1 Å². The SMILES string of the molecule is CCc1ccc2c(c1)C(N1CCNCC1)CC2. The van der Waals surface area contributed by atoms with Crippen LogP contribution in [0.5, 0.6) is 0 Å². The smallest absolute Gasteiger partial charge is 0.0355 e. The van der Waals surface area contributed by atoms with Gasteiger partial charge in [-0.05, 0) is 36.0 Å². The number of benzene rings is 1. The van der Waals surface area contributed by atoms with E-state index in [1.54, 1.807) is 11.1 Å². The first kappa shape index (κ1) is 11.2. The third kappa shape index (κ3) is 2.12. The number of hydrogen-bond donors (Lipinski definition) is 1. The molecular formula is C15H22N2. The van der Waals surface area contributed by atoms with Crippen LogP contribution in [0, 0.1) is 0 Å². The van der Waals surface area contributed by atoms with Crippen LogP contribution in [0.2, 0.25) is 0 Å². The van der Waals surface area contributed by atoms with Crippen LogP contribution < -0.4 is 5.32 Å². The minimum Gasteiger partial charge on any atom is -0.314 e. The molecule has 0 spiro atoms. The van der Waals surface area contributed by atoms with E-state index in [-0.39, 0.29) is 0 Å². The molecule has 2 nitrogen and oxygen atoms in total. The number of aryl methyl sites for hydroxylation is 2. The van der Waals surface area contributed by atoms with Gasteiger partial charge in [0.25, 0.3) is 0 Å². The fraction of sp³-hybridized carbons (Fsp3) is 0.600. The Morgan fingerprint density at radius 3 is 2.88 bits per heavy atom. The number of rotatable bonds is 2. The highest BCUT2D eigenvalue weighted by Gasteiger charge is 2.28. The molecule has 2 aliphatic rings. The first-order valence-electron chi connectivity index (χ1n) is 6.95. The van der Waals surface area contributed by atoms with Gasteiger partial charge in [0.05, 0.1) is 0 Å². The largest absolute Gasteiger partial charge is 0.314 e. The van der Waals surface area contributed by atoms with Crippen molar-refractivity contribution in [3.05, 3.63) is 34.9 Å². The summed E-state index contributed by atoms with van der Waals surface area (Å²) in [7, 11) is 0. The Balaban J connectivity index is 1.85. The predicted molar refractivity (Wildman–Crippen MR) is 71.3 cm³/mol. The molecule has 1 aliphatic carbocycles. The molecule has 92 valence electrons.